The Morgan fingerprint density at radius 1 is 1.45 bits per heavy atom. The molecule has 0 fully saturated rings. The van der Waals surface area contributed by atoms with Crippen molar-refractivity contribution in [2.24, 2.45) is 0 Å². The van der Waals surface area contributed by atoms with E-state index >= 15 is 0 Å². The number of halogens is 3. The van der Waals surface area contributed by atoms with Crippen LogP contribution in [0, 0.1) is 21.4 Å². The number of hydrogen-bond donors (Lipinski definition) is 1. The predicted octanol–water partition coefficient (Wildman–Crippen LogP) is 2.46. The van der Waals surface area contributed by atoms with Gasteiger partial charge in [0, 0.05) is 12.6 Å². The molecule has 0 aliphatic carbocycles. The first-order valence-electron chi connectivity index (χ1n) is 5.40. The van der Waals surface area contributed by atoms with Crippen molar-refractivity contribution in [3.63, 3.8) is 0 Å². The maximum atomic E-state index is 11.8. The van der Waals surface area contributed by atoms with Gasteiger partial charge in [-0.2, -0.15) is 18.4 Å². The summed E-state index contributed by atoms with van der Waals surface area (Å²) in [6.07, 6.45) is -4.40. The summed E-state index contributed by atoms with van der Waals surface area (Å²) < 4.78 is 39.7. The van der Waals surface area contributed by atoms with E-state index in [1.807, 2.05) is 0 Å². The van der Waals surface area contributed by atoms with Crippen LogP contribution in [0.25, 0.3) is 0 Å². The molecule has 1 aromatic rings. The van der Waals surface area contributed by atoms with Gasteiger partial charge >= 0.3 is 6.18 Å². The van der Waals surface area contributed by atoms with Crippen LogP contribution in [0.15, 0.2) is 18.2 Å². The number of nitro benzene ring substituents is 1. The summed E-state index contributed by atoms with van der Waals surface area (Å²) in [6.45, 7) is -1.65. The second kappa shape index (κ2) is 6.72. The van der Waals surface area contributed by atoms with Crippen molar-refractivity contribution in [2.75, 3.05) is 25.1 Å². The van der Waals surface area contributed by atoms with Crippen LogP contribution in [0.5, 0.6) is 0 Å². The van der Waals surface area contributed by atoms with E-state index < -0.39 is 17.7 Å². The Morgan fingerprint density at radius 3 is 2.70 bits per heavy atom. The summed E-state index contributed by atoms with van der Waals surface area (Å²) in [4.78, 5) is 10.1. The first-order chi connectivity index (χ1) is 9.33. The zero-order chi connectivity index (χ0) is 15.2. The largest absolute Gasteiger partial charge is 0.411 e. The molecule has 1 rings (SSSR count). The lowest BCUT2D eigenvalue weighted by Gasteiger charge is -2.09. The highest BCUT2D eigenvalue weighted by atomic mass is 19.4. The highest BCUT2D eigenvalue weighted by Gasteiger charge is 2.27. The summed E-state index contributed by atoms with van der Waals surface area (Å²) in [5.74, 6) is 0. The molecule has 0 amide bonds. The van der Waals surface area contributed by atoms with Gasteiger partial charge in [-0.15, -0.1) is 0 Å². The minimum Gasteiger partial charge on any atom is -0.377 e. The smallest absolute Gasteiger partial charge is 0.377 e. The van der Waals surface area contributed by atoms with Gasteiger partial charge in [0.1, 0.15) is 12.3 Å². The molecule has 1 N–H and O–H groups in total. The maximum absolute atomic E-state index is 11.8. The van der Waals surface area contributed by atoms with Crippen molar-refractivity contribution in [1.29, 1.82) is 5.26 Å². The molecule has 20 heavy (non-hydrogen) atoms. The fraction of sp³-hybridized carbons (Fsp3) is 0.364. The third-order valence-electron chi connectivity index (χ3n) is 2.15. The van der Waals surface area contributed by atoms with Crippen LogP contribution in [0.1, 0.15) is 5.56 Å². The number of rotatable bonds is 6. The fourth-order valence-corrected chi connectivity index (χ4v) is 1.35. The fourth-order valence-electron chi connectivity index (χ4n) is 1.35. The highest BCUT2D eigenvalue weighted by molar-refractivity contribution is 5.63. The van der Waals surface area contributed by atoms with Gasteiger partial charge in [-0.1, -0.05) is 0 Å². The number of nitrogens with zero attached hydrogens (tertiary/aromatic N) is 2. The van der Waals surface area contributed by atoms with Crippen molar-refractivity contribution in [3.05, 3.63) is 33.9 Å². The lowest BCUT2D eigenvalue weighted by Crippen LogP contribution is -2.20. The first kappa shape index (κ1) is 15.7. The van der Waals surface area contributed by atoms with Crippen molar-refractivity contribution in [3.8, 4) is 6.07 Å². The zero-order valence-electron chi connectivity index (χ0n) is 10.1. The molecule has 9 heteroatoms. The number of nitriles is 1. The van der Waals surface area contributed by atoms with Crippen LogP contribution < -0.4 is 5.32 Å². The quantitative estimate of drug-likeness (QED) is 0.493. The van der Waals surface area contributed by atoms with Gasteiger partial charge < -0.3 is 10.1 Å². The summed E-state index contributed by atoms with van der Waals surface area (Å²) in [6, 6.07) is 5.53. The molecule has 0 aliphatic rings. The van der Waals surface area contributed by atoms with E-state index in [1.54, 1.807) is 6.07 Å². The first-order valence-corrected chi connectivity index (χ1v) is 5.40. The number of ether oxygens (including phenoxy) is 1. The summed E-state index contributed by atoms with van der Waals surface area (Å²) in [7, 11) is 0. The normalized spacial score (nSPS) is 10.9. The number of alkyl halides is 3. The lowest BCUT2D eigenvalue weighted by atomic mass is 10.2. The maximum Gasteiger partial charge on any atom is 0.411 e. The third-order valence-corrected chi connectivity index (χ3v) is 2.15. The topological polar surface area (TPSA) is 88.2 Å². The molecule has 0 saturated carbocycles. The van der Waals surface area contributed by atoms with E-state index in [4.69, 9.17) is 5.26 Å². The molecule has 0 aliphatic heterocycles. The molecule has 108 valence electrons. The van der Waals surface area contributed by atoms with Crippen molar-refractivity contribution >= 4 is 11.4 Å². The van der Waals surface area contributed by atoms with Crippen LogP contribution in [-0.2, 0) is 4.74 Å². The summed E-state index contributed by atoms with van der Waals surface area (Å²) in [5.41, 5.74) is -0.0833. The molecule has 0 heterocycles. The molecule has 0 atom stereocenters. The Morgan fingerprint density at radius 2 is 2.15 bits per heavy atom. The van der Waals surface area contributed by atoms with Crippen LogP contribution in [0.2, 0.25) is 0 Å². The van der Waals surface area contributed by atoms with E-state index in [0.717, 1.165) is 6.07 Å². The minimum atomic E-state index is -4.40. The van der Waals surface area contributed by atoms with Gasteiger partial charge in [-0.05, 0) is 12.1 Å². The average molecular weight is 289 g/mol. The standard InChI is InChI=1S/C11H10F3N3O3/c12-11(13,14)7-20-4-3-16-9-2-1-8(6-15)5-10(9)17(18)19/h1-2,5,16H,3-4,7H2. The van der Waals surface area contributed by atoms with Crippen LogP contribution in [0.4, 0.5) is 24.5 Å². The molecule has 0 spiro atoms. The molecule has 0 radical (unpaired) electrons. The van der Waals surface area contributed by atoms with Gasteiger partial charge in [0.2, 0.25) is 0 Å². The summed E-state index contributed by atoms with van der Waals surface area (Å²) >= 11 is 0. The molecular formula is C11H10F3N3O3. The Kier molecular flexibility index (Phi) is 5.28. The molecule has 1 aromatic carbocycles. The number of hydrogen-bond acceptors (Lipinski definition) is 5. The molecule has 6 nitrogen and oxygen atoms in total. The van der Waals surface area contributed by atoms with Crippen molar-refractivity contribution in [1.82, 2.24) is 0 Å². The van der Waals surface area contributed by atoms with Gasteiger partial charge in [0.05, 0.1) is 23.2 Å². The van der Waals surface area contributed by atoms with Gasteiger partial charge in [0.25, 0.3) is 5.69 Å². The number of anilines is 1. The third kappa shape index (κ3) is 5.11. The van der Waals surface area contributed by atoms with E-state index in [-0.39, 0.29) is 30.1 Å². The van der Waals surface area contributed by atoms with E-state index in [0.29, 0.717) is 0 Å². The Hall–Kier alpha value is -2.34. The van der Waals surface area contributed by atoms with E-state index in [9.17, 15) is 23.3 Å². The van der Waals surface area contributed by atoms with Crippen LogP contribution >= 0.6 is 0 Å². The average Bonchev–Trinajstić information content (AvgIpc) is 2.37. The van der Waals surface area contributed by atoms with Crippen molar-refractivity contribution < 1.29 is 22.8 Å². The monoisotopic (exact) mass is 289 g/mol. The number of nitrogens with one attached hydrogen (secondary N) is 1. The predicted molar refractivity (Wildman–Crippen MR) is 63.2 cm³/mol. The molecule has 0 unspecified atom stereocenters. The van der Waals surface area contributed by atoms with Crippen molar-refractivity contribution in [2.45, 2.75) is 6.18 Å². The highest BCUT2D eigenvalue weighted by Crippen LogP contribution is 2.25. The van der Waals surface area contributed by atoms with E-state index in [2.05, 4.69) is 10.1 Å². The second-order valence-corrected chi connectivity index (χ2v) is 3.70. The minimum absolute atomic E-state index is 0.0250. The van der Waals surface area contributed by atoms with Gasteiger partial charge in [-0.3, -0.25) is 10.1 Å². The van der Waals surface area contributed by atoms with Gasteiger partial charge in [0.15, 0.2) is 0 Å². The molecule has 0 aromatic heterocycles. The summed E-state index contributed by atoms with van der Waals surface area (Å²) in [5, 5.41) is 22.0. The molecular weight excluding hydrogens is 279 g/mol. The molecule has 0 bridgehead atoms. The number of benzene rings is 1. The Bertz CT molecular complexity index is 526. The lowest BCUT2D eigenvalue weighted by molar-refractivity contribution is -0.384. The van der Waals surface area contributed by atoms with E-state index in [1.165, 1.54) is 12.1 Å². The Labute approximate surface area is 111 Å². The number of nitro groups is 1. The second-order valence-electron chi connectivity index (χ2n) is 3.70. The Balaban J connectivity index is 2.56. The van der Waals surface area contributed by atoms with Crippen LogP contribution in [0.3, 0.4) is 0 Å². The van der Waals surface area contributed by atoms with Gasteiger partial charge in [-0.25, -0.2) is 0 Å². The molecule has 0 saturated heterocycles. The SMILES string of the molecule is N#Cc1ccc(NCCOCC(F)(F)F)c([N+](=O)[O-])c1. The van der Waals surface area contributed by atoms with Crippen LogP contribution in [-0.4, -0.2) is 30.9 Å². The zero-order valence-corrected chi connectivity index (χ0v) is 10.1.